The molecule has 0 atom stereocenters. The van der Waals surface area contributed by atoms with Gasteiger partial charge in [-0.25, -0.2) is 9.18 Å². The number of carbonyl (C=O) groups excluding carboxylic acids is 4. The molecule has 7 heterocycles. The van der Waals surface area contributed by atoms with Crippen LogP contribution in [0.2, 0.25) is 20.1 Å². The number of pyridine rings is 3. The number of thiophene rings is 1. The molecule has 3 fully saturated rings. The minimum Gasteiger partial charge on any atom is -0.462 e. The SMILES string of the molecule is CCOC(=O)c1c(N2CCN(C(=O)c3cccs3)CC2)c2ccccc2n(CCN(C)C)c1=O.O=C(c1ccc(Cl)c(Cl)c1)N1CCN(c2c([N+](=O)[O-])c(=O)n(Cc3ccc(F)cc3)c3ccccc23)CC1.O=C(c1ccc(Cl)c(Cl)c1)N1CCN(c2c([N+](=O)[O-])c(=O)n(Cc3ccccc3)c3ccccc23)CC1. The number of halogens is 5. The maximum atomic E-state index is 13.7. The summed E-state index contributed by atoms with van der Waals surface area (Å²) >= 11 is 25.5. The molecule has 3 saturated heterocycles. The fourth-order valence-electron chi connectivity index (χ4n) is 13.8. The lowest BCUT2D eigenvalue weighted by Gasteiger charge is -2.37. The van der Waals surface area contributed by atoms with Crippen molar-refractivity contribution in [3.8, 4) is 0 Å². The van der Waals surface area contributed by atoms with Crippen LogP contribution in [0.3, 0.4) is 0 Å². The van der Waals surface area contributed by atoms with E-state index in [1.807, 2.05) is 112 Å². The molecular formula is C79H73Cl4FN12O12S. The van der Waals surface area contributed by atoms with E-state index in [2.05, 4.69) is 0 Å². The third-order valence-corrected chi connectivity index (χ3v) is 21.5. The van der Waals surface area contributed by atoms with Crippen LogP contribution in [0, 0.1) is 26.0 Å². The average molecular weight is 1580 g/mol. The summed E-state index contributed by atoms with van der Waals surface area (Å²) in [7, 11) is 3.90. The van der Waals surface area contributed by atoms with E-state index in [0.29, 0.717) is 151 Å². The van der Waals surface area contributed by atoms with Crippen LogP contribution in [0.25, 0.3) is 32.7 Å². The molecule has 30 heteroatoms. The van der Waals surface area contributed by atoms with Gasteiger partial charge in [0.15, 0.2) is 0 Å². The summed E-state index contributed by atoms with van der Waals surface area (Å²) in [5, 5.41) is 29.6. The minimum absolute atomic E-state index is 0.0178. The molecule has 0 saturated carbocycles. The Bertz CT molecular complexity index is 5470. The molecule has 0 aliphatic carbocycles. The second kappa shape index (κ2) is 34.5. The molecule has 14 rings (SSSR count). The first-order chi connectivity index (χ1) is 52.5. The summed E-state index contributed by atoms with van der Waals surface area (Å²) in [4.78, 5) is 129. The van der Waals surface area contributed by atoms with Crippen molar-refractivity contribution in [2.45, 2.75) is 26.6 Å². The third kappa shape index (κ3) is 17.0. The van der Waals surface area contributed by atoms with E-state index in [1.165, 1.54) is 44.7 Å². The van der Waals surface area contributed by atoms with Crippen LogP contribution in [0.4, 0.5) is 32.8 Å². The zero-order valence-electron chi connectivity index (χ0n) is 59.4. The predicted molar refractivity (Wildman–Crippen MR) is 425 cm³/mol. The second-order valence-corrected chi connectivity index (χ2v) is 28.7. The molecule has 3 aliphatic heterocycles. The molecule has 24 nitrogen and oxygen atoms in total. The van der Waals surface area contributed by atoms with Crippen LogP contribution >= 0.6 is 57.7 Å². The summed E-state index contributed by atoms with van der Waals surface area (Å²) < 4.78 is 23.2. The van der Waals surface area contributed by atoms with E-state index in [4.69, 9.17) is 51.1 Å². The van der Waals surface area contributed by atoms with E-state index in [9.17, 15) is 58.2 Å². The highest BCUT2D eigenvalue weighted by atomic mass is 35.5. The molecule has 0 spiro atoms. The van der Waals surface area contributed by atoms with Gasteiger partial charge in [0.25, 0.3) is 23.3 Å². The molecule has 0 N–H and O–H groups in total. The first-order valence-electron chi connectivity index (χ1n) is 34.9. The average Bonchev–Trinajstić information content (AvgIpc) is 1.06. The normalized spacial score (nSPS) is 13.8. The van der Waals surface area contributed by atoms with Crippen molar-refractivity contribution < 1.29 is 38.2 Å². The zero-order chi connectivity index (χ0) is 77.3. The number of amides is 3. The molecule has 3 amide bonds. The number of ether oxygens (including phenoxy) is 1. The standard InChI is InChI=1S/C27H21Cl2FN4O4.C27H22Cl2N4O4.C25H30N4O4S/c28-21-10-7-18(15-22(21)29)26(35)32-13-11-31(12-14-32)24-20-3-1-2-4-23(20)33(27(36)25(24)34(37)38)16-17-5-8-19(30)9-6-17;28-21-11-10-19(16-22(21)29)26(34)31-14-12-30(13-15-31)24-20-8-4-5-9-23(20)32(27(35)25(24)33(36)37)17-18-6-2-1-3-7-18;1-4-33-25(32)21-22(27-12-14-28(15-13-27)23(30)20-10-7-17-34-20)18-8-5-6-9-19(18)29(24(21)31)16-11-26(2)3/h1-10,15H,11-14,16H2;1-11,16H,12-15,17H2;5-10,17H,4,11-16H2,1-3H3. The molecular weight excluding hydrogens is 1500 g/mol. The number of para-hydroxylation sites is 3. The van der Waals surface area contributed by atoms with Crippen molar-refractivity contribution in [3.63, 3.8) is 0 Å². The van der Waals surface area contributed by atoms with Gasteiger partial charge >= 0.3 is 28.5 Å². The highest BCUT2D eigenvalue weighted by Crippen LogP contribution is 2.38. The zero-order valence-corrected chi connectivity index (χ0v) is 63.2. The molecule has 562 valence electrons. The van der Waals surface area contributed by atoms with Crippen molar-refractivity contribution in [2.24, 2.45) is 0 Å². The summed E-state index contributed by atoms with van der Waals surface area (Å²) in [6.45, 7) is 7.87. The van der Waals surface area contributed by atoms with Crippen LogP contribution in [-0.4, -0.2) is 173 Å². The molecule has 7 aromatic carbocycles. The van der Waals surface area contributed by atoms with Gasteiger partial charge in [0.1, 0.15) is 22.8 Å². The van der Waals surface area contributed by atoms with Gasteiger partial charge in [-0.15, -0.1) is 11.3 Å². The Labute approximate surface area is 648 Å². The van der Waals surface area contributed by atoms with E-state index in [-0.39, 0.29) is 64.9 Å². The van der Waals surface area contributed by atoms with Gasteiger partial charge in [0.05, 0.1) is 76.7 Å². The molecule has 0 unspecified atom stereocenters. The van der Waals surface area contributed by atoms with Gasteiger partial charge in [-0.2, -0.15) is 0 Å². The predicted octanol–water partition coefficient (Wildman–Crippen LogP) is 13.4. The van der Waals surface area contributed by atoms with Crippen LogP contribution in [0.15, 0.2) is 196 Å². The Balaban J connectivity index is 0.000000153. The van der Waals surface area contributed by atoms with Gasteiger partial charge < -0.3 is 43.6 Å². The molecule has 4 aromatic heterocycles. The fourth-order valence-corrected chi connectivity index (χ4v) is 15.1. The largest absolute Gasteiger partial charge is 0.462 e. The summed E-state index contributed by atoms with van der Waals surface area (Å²) in [6, 6.07) is 50.0. The van der Waals surface area contributed by atoms with Crippen molar-refractivity contribution >= 4 is 143 Å². The van der Waals surface area contributed by atoms with Crippen molar-refractivity contribution in [1.82, 2.24) is 33.3 Å². The number of nitro groups is 2. The number of likely N-dealkylation sites (N-methyl/N-ethyl adjacent to an activating group) is 1. The van der Waals surface area contributed by atoms with Gasteiger partial charge in [-0.3, -0.25) is 58.1 Å². The quantitative estimate of drug-likeness (QED) is 0.0466. The Morgan fingerprint density at radius 2 is 0.881 bits per heavy atom. The lowest BCUT2D eigenvalue weighted by atomic mass is 10.1. The first-order valence-corrected chi connectivity index (χ1v) is 37.3. The number of rotatable bonds is 17. The number of esters is 1. The van der Waals surface area contributed by atoms with Gasteiger partial charge in [-0.1, -0.05) is 150 Å². The lowest BCUT2D eigenvalue weighted by Crippen LogP contribution is -2.49. The Hall–Kier alpha value is -11.0. The van der Waals surface area contributed by atoms with E-state index >= 15 is 0 Å². The topological polar surface area (TPSA) is 252 Å². The van der Waals surface area contributed by atoms with E-state index < -0.39 is 44.1 Å². The summed E-state index contributed by atoms with van der Waals surface area (Å²) in [5.74, 6) is -1.43. The maximum Gasteiger partial charge on any atom is 0.357 e. The highest BCUT2D eigenvalue weighted by molar-refractivity contribution is 7.12. The number of nitrogens with zero attached hydrogens (tertiary/aromatic N) is 12. The van der Waals surface area contributed by atoms with E-state index in [1.54, 1.807) is 105 Å². The maximum absolute atomic E-state index is 13.7. The highest BCUT2D eigenvalue weighted by Gasteiger charge is 2.36. The fraction of sp³-hybridized carbons (Fsp3) is 0.253. The molecule has 0 bridgehead atoms. The van der Waals surface area contributed by atoms with Crippen molar-refractivity contribution in [1.29, 1.82) is 0 Å². The molecule has 11 aromatic rings. The Morgan fingerprint density at radius 3 is 1.29 bits per heavy atom. The third-order valence-electron chi connectivity index (χ3n) is 19.2. The molecule has 0 radical (unpaired) electrons. The number of anilines is 3. The van der Waals surface area contributed by atoms with Gasteiger partial charge in [0, 0.05) is 119 Å². The van der Waals surface area contributed by atoms with Crippen molar-refractivity contribution in [3.05, 3.63) is 291 Å². The summed E-state index contributed by atoms with van der Waals surface area (Å²) in [6.07, 6.45) is 0. The number of hydrogen-bond donors (Lipinski definition) is 0. The second-order valence-electron chi connectivity index (χ2n) is 26.1. The number of hydrogen-bond acceptors (Lipinski definition) is 17. The number of benzene rings is 7. The van der Waals surface area contributed by atoms with Gasteiger partial charge in [-0.05, 0) is 110 Å². The monoisotopic (exact) mass is 1570 g/mol. The first kappa shape index (κ1) is 77.6. The smallest absolute Gasteiger partial charge is 0.357 e. The Kier molecular flexibility index (Phi) is 24.6. The van der Waals surface area contributed by atoms with Crippen LogP contribution in [0.1, 0.15) is 58.8 Å². The number of fused-ring (bicyclic) bond motifs is 3. The summed E-state index contributed by atoms with van der Waals surface area (Å²) in [5.41, 5.74) is 2.69. The molecule has 3 aliphatic rings. The molecule has 109 heavy (non-hydrogen) atoms. The van der Waals surface area contributed by atoms with Gasteiger partial charge in [0.2, 0.25) is 0 Å². The number of piperazine rings is 3. The number of carbonyl (C=O) groups is 4. The van der Waals surface area contributed by atoms with E-state index in [0.717, 1.165) is 21.3 Å². The van der Waals surface area contributed by atoms with Crippen LogP contribution in [0.5, 0.6) is 0 Å². The Morgan fingerprint density at radius 1 is 0.477 bits per heavy atom. The number of aromatic nitrogens is 3. The van der Waals surface area contributed by atoms with Crippen molar-refractivity contribution in [2.75, 3.05) is 120 Å². The lowest BCUT2D eigenvalue weighted by molar-refractivity contribution is -0.385. The minimum atomic E-state index is -0.748. The van der Waals surface area contributed by atoms with Crippen LogP contribution < -0.4 is 31.4 Å². The van der Waals surface area contributed by atoms with Crippen LogP contribution in [-0.2, 0) is 24.4 Å².